The molecule has 4 aliphatic rings. The van der Waals surface area contributed by atoms with Gasteiger partial charge < -0.3 is 45.3 Å². The number of nitrogens with two attached hydrogens (primary N) is 4. The van der Waals surface area contributed by atoms with E-state index in [4.69, 9.17) is 67.0 Å². The number of ether oxygens (including phenoxy) is 1. The third-order valence-electron chi connectivity index (χ3n) is 24.2. The van der Waals surface area contributed by atoms with Crippen LogP contribution >= 0.6 is 0 Å². The summed E-state index contributed by atoms with van der Waals surface area (Å²) in [6.07, 6.45) is 57.5. The maximum atomic E-state index is 14.2. The van der Waals surface area contributed by atoms with Gasteiger partial charge >= 0.3 is 0 Å². The molecule has 12 rings (SSSR count). The van der Waals surface area contributed by atoms with Crippen molar-refractivity contribution in [3.8, 4) is 51.6 Å². The molecule has 4 aliphatic carbocycles. The summed E-state index contributed by atoms with van der Waals surface area (Å²) in [6, 6.07) is 25.7. The normalized spacial score (nSPS) is 14.8. The van der Waals surface area contributed by atoms with Crippen molar-refractivity contribution in [2.75, 3.05) is 7.11 Å². The van der Waals surface area contributed by atoms with Gasteiger partial charge in [-0.2, -0.15) is 0 Å². The lowest BCUT2D eigenvalue weighted by atomic mass is 9.98. The molecule has 632 valence electrons. The van der Waals surface area contributed by atoms with Crippen LogP contribution in [0.4, 0.5) is 4.39 Å². The molecule has 4 aromatic carbocycles. The van der Waals surface area contributed by atoms with Gasteiger partial charge in [-0.05, 0) is 198 Å². The fourth-order valence-electron chi connectivity index (χ4n) is 15.5. The zero-order valence-electron chi connectivity index (χ0n) is 71.3. The number of nitrogens with zero attached hydrogens (tertiary/aromatic N) is 8. The van der Waals surface area contributed by atoms with Crippen molar-refractivity contribution in [3.05, 3.63) is 136 Å². The van der Waals surface area contributed by atoms with Crippen LogP contribution in [0.5, 0.6) is 5.75 Å². The summed E-state index contributed by atoms with van der Waals surface area (Å²) < 4.78 is 43.3. The average Bonchev–Trinajstić information content (AvgIpc) is 1.62. The minimum absolute atomic E-state index is 0.0675. The van der Waals surface area contributed by atoms with E-state index in [0.29, 0.717) is 59.1 Å². The monoisotopic (exact) mass is 1590 g/mol. The number of hydrogen-bond acceptors (Lipinski definition) is 17. The van der Waals surface area contributed by atoms with Crippen LogP contribution in [-0.4, -0.2) is 71.2 Å². The lowest BCUT2D eigenvalue weighted by Crippen LogP contribution is -2.27. The van der Waals surface area contributed by atoms with Gasteiger partial charge in [-0.25, -0.2) is 4.39 Å². The third-order valence-corrected chi connectivity index (χ3v) is 24.2. The molecule has 116 heavy (non-hydrogen) atoms. The van der Waals surface area contributed by atoms with E-state index in [1.165, 1.54) is 240 Å². The highest BCUT2D eigenvalue weighted by atomic mass is 19.1. The van der Waals surface area contributed by atoms with E-state index in [2.05, 4.69) is 112 Å². The van der Waals surface area contributed by atoms with Crippen LogP contribution in [0.1, 0.15) is 362 Å². The largest absolute Gasteiger partial charge is 0.496 e. The minimum atomic E-state index is -0.579. The predicted octanol–water partition coefficient (Wildman–Crippen LogP) is 23.6. The average molecular weight is 1590 g/mol. The first-order valence-corrected chi connectivity index (χ1v) is 44.8. The summed E-state index contributed by atoms with van der Waals surface area (Å²) >= 11 is 0. The number of aromatic nitrogens is 8. The van der Waals surface area contributed by atoms with Crippen molar-refractivity contribution in [2.45, 2.75) is 364 Å². The minimum Gasteiger partial charge on any atom is -0.496 e. The molecule has 0 spiro atoms. The number of halogens is 1. The van der Waals surface area contributed by atoms with Gasteiger partial charge in [-0.3, -0.25) is 21.6 Å². The third kappa shape index (κ3) is 26.8. The molecule has 4 aromatic heterocycles. The summed E-state index contributed by atoms with van der Waals surface area (Å²) in [6.45, 7) is 11.2. The Kier molecular flexibility index (Phi) is 36.7. The van der Waals surface area contributed by atoms with Gasteiger partial charge in [-0.15, -0.1) is 40.8 Å². The Morgan fingerprint density at radius 2 is 0.612 bits per heavy atom. The fourth-order valence-corrected chi connectivity index (χ4v) is 15.5. The molecule has 0 aliphatic heterocycles. The quantitative estimate of drug-likeness (QED) is 0.00997. The Hall–Kier alpha value is -8.95. The van der Waals surface area contributed by atoms with Gasteiger partial charge in [0.1, 0.15) is 56.6 Å². The number of aryl methyl sites for hydroxylation is 5. The molecule has 21 nitrogen and oxygen atoms in total. The number of amidine groups is 4. The highest BCUT2D eigenvalue weighted by Crippen LogP contribution is 2.51. The number of rotatable bonds is 53. The van der Waals surface area contributed by atoms with Crippen LogP contribution < -0.4 is 27.7 Å². The van der Waals surface area contributed by atoms with Gasteiger partial charge in [0, 0.05) is 22.3 Å². The molecule has 0 unspecified atom stereocenters. The molecule has 0 atom stereocenters. The van der Waals surface area contributed by atoms with E-state index < -0.39 is 21.7 Å². The second-order valence-corrected chi connectivity index (χ2v) is 33.6. The first-order valence-electron chi connectivity index (χ1n) is 44.8. The van der Waals surface area contributed by atoms with Crippen molar-refractivity contribution in [2.24, 2.45) is 22.9 Å². The number of hydrogen-bond donors (Lipinski definition) is 8. The molecule has 12 N–H and O–H groups in total. The Bertz CT molecular complexity index is 4150. The zero-order chi connectivity index (χ0) is 82.6. The first-order chi connectivity index (χ1) is 56.4. The molecule has 22 heteroatoms. The Labute approximate surface area is 691 Å². The molecule has 0 amide bonds. The van der Waals surface area contributed by atoms with E-state index >= 15 is 0 Å². The van der Waals surface area contributed by atoms with Crippen LogP contribution in [0.2, 0.25) is 0 Å². The van der Waals surface area contributed by atoms with Crippen molar-refractivity contribution >= 4 is 23.3 Å². The second-order valence-electron chi connectivity index (χ2n) is 33.6. The lowest BCUT2D eigenvalue weighted by Gasteiger charge is -2.10. The molecule has 0 radical (unpaired) electrons. The Morgan fingerprint density at radius 1 is 0.336 bits per heavy atom. The molecule has 4 heterocycles. The summed E-state index contributed by atoms with van der Waals surface area (Å²) in [5.41, 5.74) is 30.1. The molecular weight excluding hydrogens is 1450 g/mol. The molecular formula is C94H139FN16O5. The van der Waals surface area contributed by atoms with Gasteiger partial charge in [0.05, 0.1) is 7.11 Å². The van der Waals surface area contributed by atoms with E-state index in [9.17, 15) is 4.39 Å². The molecule has 0 bridgehead atoms. The van der Waals surface area contributed by atoms with Crippen LogP contribution in [0.3, 0.4) is 0 Å². The topological polar surface area (TPSA) is 364 Å². The Morgan fingerprint density at radius 3 is 0.940 bits per heavy atom. The molecule has 4 saturated carbocycles. The van der Waals surface area contributed by atoms with Gasteiger partial charge in [-0.1, -0.05) is 251 Å². The van der Waals surface area contributed by atoms with Crippen molar-refractivity contribution in [3.63, 3.8) is 0 Å². The van der Waals surface area contributed by atoms with E-state index in [1.54, 1.807) is 13.2 Å². The van der Waals surface area contributed by atoms with Gasteiger partial charge in [0.2, 0.25) is 47.1 Å². The fraction of sp³-hybridized carbons (Fsp3) is 0.617. The lowest BCUT2D eigenvalue weighted by molar-refractivity contribution is 0.408. The number of nitrogens with one attached hydrogen (secondary N) is 4. The SMILES string of the molecule is CCCCCCCCCCCc1cc(-c2nnc(C3(C(=N)N)CC3)o2)ccc1C.CCCCCCCCCCCc1cc(-c2nnc(C3(C(=N)N)CC3)o2)ccc1F.CCCCCCCCCCCc1cc(-c2nnc(C3(C(=N)N)CC3)o2)ccc1OC.CCCCCCCCCCCc1cccc(-c2nnc(C3(C(=N)N)CC3)o2)c1. The van der Waals surface area contributed by atoms with Crippen molar-refractivity contribution in [1.29, 1.82) is 21.6 Å². The first kappa shape index (κ1) is 91.0. The number of benzene rings is 4. The summed E-state index contributed by atoms with van der Waals surface area (Å²) in [5.74, 6) is 4.87. The van der Waals surface area contributed by atoms with Crippen LogP contribution in [0.25, 0.3) is 45.8 Å². The predicted molar refractivity (Wildman–Crippen MR) is 465 cm³/mol. The van der Waals surface area contributed by atoms with Gasteiger partial charge in [0.15, 0.2) is 0 Å². The van der Waals surface area contributed by atoms with Crippen LogP contribution in [-0.2, 0) is 47.3 Å². The molecule has 8 aromatic rings. The van der Waals surface area contributed by atoms with Crippen LogP contribution in [0, 0.1) is 34.4 Å². The van der Waals surface area contributed by atoms with Crippen molar-refractivity contribution < 1.29 is 26.8 Å². The van der Waals surface area contributed by atoms with E-state index in [-0.39, 0.29) is 29.2 Å². The van der Waals surface area contributed by atoms with Gasteiger partial charge in [0.25, 0.3) is 0 Å². The van der Waals surface area contributed by atoms with Crippen LogP contribution in [0.15, 0.2) is 96.5 Å². The van der Waals surface area contributed by atoms with Crippen molar-refractivity contribution in [1.82, 2.24) is 40.8 Å². The molecule has 4 fully saturated rings. The van der Waals surface area contributed by atoms with E-state index in [1.807, 2.05) is 30.3 Å². The maximum absolute atomic E-state index is 14.2. The summed E-state index contributed by atoms with van der Waals surface area (Å²) in [7, 11) is 1.71. The second kappa shape index (κ2) is 46.9. The Balaban J connectivity index is 0.000000177. The summed E-state index contributed by atoms with van der Waals surface area (Å²) in [5, 5.41) is 64.4. The number of methoxy groups -OCH3 is 1. The van der Waals surface area contributed by atoms with E-state index in [0.717, 1.165) is 118 Å². The maximum Gasteiger partial charge on any atom is 0.247 e. The molecule has 0 saturated heterocycles. The summed E-state index contributed by atoms with van der Waals surface area (Å²) in [4.78, 5) is 0. The number of unbranched alkanes of at least 4 members (excludes halogenated alkanes) is 32. The highest BCUT2D eigenvalue weighted by Gasteiger charge is 2.55. The zero-order valence-corrected chi connectivity index (χ0v) is 71.3. The standard InChI is InChI=1S/C24H36N4O2.C24H36N4O.C23H33FN4O.C23H34N4O/c1-3-4-5-6-7-8-9-10-11-12-18-17-19(13-14-20(18)29-2)21-27-28-23(30-21)24(15-16-24)22(25)26;1-3-4-5-6-7-8-9-10-11-12-19-17-20(14-13-18(19)2)21-27-28-23(29-21)24(15-16-24)22(25)26;1-2-3-4-5-6-7-8-9-10-11-17-16-18(12-13-19(17)24)20-27-28-22(29-20)23(14-15-23)21(25)26;1-2-3-4-5-6-7-8-9-10-12-18-13-11-14-19(17-18)20-26-27-22(28-20)23(15-16-23)21(24)25/h13-14,17H,3-12,15-16H2,1-2H3,(H3,25,26);13-14,17H,3-12,15-16H2,1-2H3,(H3,25,26);12-13,16H,2-11,14-15H2,1H3,(H3,25,26);11,13-14,17H,2-10,12,15-16H2,1H3,(H3,24,25). The highest BCUT2D eigenvalue weighted by molar-refractivity contribution is 5.92. The smallest absolute Gasteiger partial charge is 0.247 e.